The van der Waals surface area contributed by atoms with E-state index in [1.807, 2.05) is 43.3 Å². The van der Waals surface area contributed by atoms with Crippen molar-refractivity contribution in [3.63, 3.8) is 0 Å². The molecule has 0 bridgehead atoms. The Morgan fingerprint density at radius 1 is 1.06 bits per heavy atom. The lowest BCUT2D eigenvalue weighted by Crippen LogP contribution is -1.99. The number of hydrogen-bond donors (Lipinski definition) is 2. The molecule has 3 heteroatoms. The quantitative estimate of drug-likeness (QED) is 0.879. The molecule has 0 aromatic heterocycles. The second-order valence-electron chi connectivity index (χ2n) is 4.29. The smallest absolute Gasteiger partial charge is 0.0681 e. The van der Waals surface area contributed by atoms with E-state index in [0.717, 1.165) is 33.9 Å². The normalized spacial score (nSPS) is 10.4. The Morgan fingerprint density at radius 3 is 2.33 bits per heavy atom. The summed E-state index contributed by atoms with van der Waals surface area (Å²) in [5, 5.41) is 13.1. The summed E-state index contributed by atoms with van der Waals surface area (Å²) in [6.45, 7) is 2.81. The molecule has 0 aliphatic rings. The fourth-order valence-corrected chi connectivity index (χ4v) is 1.88. The monoisotopic (exact) mass is 261 g/mol. The fraction of sp³-hybridized carbons (Fsp3) is 0.200. The SMILES string of the molecule is Cc1ccc(CNc2ccc(CO)cc2)cc1Cl. The zero-order valence-corrected chi connectivity index (χ0v) is 11.0. The Morgan fingerprint density at radius 2 is 1.72 bits per heavy atom. The van der Waals surface area contributed by atoms with Crippen molar-refractivity contribution in [3.05, 3.63) is 64.2 Å². The van der Waals surface area contributed by atoms with Gasteiger partial charge >= 0.3 is 0 Å². The average molecular weight is 262 g/mol. The molecule has 0 saturated heterocycles. The third kappa shape index (κ3) is 3.25. The predicted octanol–water partition coefficient (Wildman–Crippen LogP) is 3.75. The van der Waals surface area contributed by atoms with Crippen LogP contribution < -0.4 is 5.32 Å². The largest absolute Gasteiger partial charge is 0.392 e. The number of halogens is 1. The molecule has 2 aromatic rings. The van der Waals surface area contributed by atoms with Gasteiger partial charge in [-0.25, -0.2) is 0 Å². The maximum absolute atomic E-state index is 8.96. The van der Waals surface area contributed by atoms with Crippen molar-refractivity contribution in [2.75, 3.05) is 5.32 Å². The van der Waals surface area contributed by atoms with Crippen molar-refractivity contribution in [1.29, 1.82) is 0 Å². The van der Waals surface area contributed by atoms with Gasteiger partial charge in [-0.15, -0.1) is 0 Å². The molecule has 0 unspecified atom stereocenters. The van der Waals surface area contributed by atoms with Gasteiger partial charge in [0.05, 0.1) is 6.61 Å². The van der Waals surface area contributed by atoms with E-state index >= 15 is 0 Å². The molecule has 0 aliphatic heterocycles. The van der Waals surface area contributed by atoms with Gasteiger partial charge in [0, 0.05) is 17.3 Å². The number of benzene rings is 2. The van der Waals surface area contributed by atoms with Crippen LogP contribution in [0.2, 0.25) is 5.02 Å². The molecule has 2 rings (SSSR count). The van der Waals surface area contributed by atoms with E-state index in [4.69, 9.17) is 16.7 Å². The highest BCUT2D eigenvalue weighted by atomic mass is 35.5. The van der Waals surface area contributed by atoms with Gasteiger partial charge in [0.15, 0.2) is 0 Å². The van der Waals surface area contributed by atoms with Crippen molar-refractivity contribution in [1.82, 2.24) is 0 Å². The van der Waals surface area contributed by atoms with Crippen molar-refractivity contribution in [3.8, 4) is 0 Å². The van der Waals surface area contributed by atoms with Crippen LogP contribution in [0, 0.1) is 6.92 Å². The van der Waals surface area contributed by atoms with E-state index < -0.39 is 0 Å². The summed E-state index contributed by atoms with van der Waals surface area (Å²) in [6.07, 6.45) is 0. The minimum absolute atomic E-state index is 0.0772. The highest BCUT2D eigenvalue weighted by molar-refractivity contribution is 6.31. The number of aryl methyl sites for hydroxylation is 1. The minimum Gasteiger partial charge on any atom is -0.392 e. The molecule has 94 valence electrons. The first kappa shape index (κ1) is 12.9. The van der Waals surface area contributed by atoms with Crippen molar-refractivity contribution >= 4 is 17.3 Å². The van der Waals surface area contributed by atoms with Crippen molar-refractivity contribution < 1.29 is 5.11 Å². The Kier molecular flexibility index (Phi) is 4.24. The van der Waals surface area contributed by atoms with Crippen LogP contribution in [0.4, 0.5) is 5.69 Å². The summed E-state index contributed by atoms with van der Waals surface area (Å²) in [6, 6.07) is 13.8. The maximum atomic E-state index is 8.96. The highest BCUT2D eigenvalue weighted by Gasteiger charge is 1.98. The third-order valence-electron chi connectivity index (χ3n) is 2.87. The molecule has 0 atom stereocenters. The molecule has 0 heterocycles. The summed E-state index contributed by atoms with van der Waals surface area (Å²) in [5.74, 6) is 0. The molecule has 2 N–H and O–H groups in total. The van der Waals surface area contributed by atoms with Crippen LogP contribution in [0.15, 0.2) is 42.5 Å². The number of aliphatic hydroxyl groups excluding tert-OH is 1. The lowest BCUT2D eigenvalue weighted by molar-refractivity contribution is 0.282. The Bertz CT molecular complexity index is 523. The van der Waals surface area contributed by atoms with Gasteiger partial charge < -0.3 is 10.4 Å². The second-order valence-corrected chi connectivity index (χ2v) is 4.70. The summed E-state index contributed by atoms with van der Waals surface area (Å²) in [4.78, 5) is 0. The lowest BCUT2D eigenvalue weighted by Gasteiger charge is -2.08. The molecule has 0 amide bonds. The zero-order valence-electron chi connectivity index (χ0n) is 10.3. The second kappa shape index (κ2) is 5.89. The van der Waals surface area contributed by atoms with Gasteiger partial charge in [-0.05, 0) is 41.8 Å². The topological polar surface area (TPSA) is 32.3 Å². The molecule has 0 spiro atoms. The maximum Gasteiger partial charge on any atom is 0.0681 e. The van der Waals surface area contributed by atoms with Crippen LogP contribution in [0.3, 0.4) is 0 Å². The van der Waals surface area contributed by atoms with Crippen LogP contribution in [0.25, 0.3) is 0 Å². The Balaban J connectivity index is 1.99. The minimum atomic E-state index is 0.0772. The molecular weight excluding hydrogens is 246 g/mol. The fourth-order valence-electron chi connectivity index (χ4n) is 1.68. The number of aliphatic hydroxyl groups is 1. The van der Waals surface area contributed by atoms with E-state index in [2.05, 4.69) is 11.4 Å². The first-order valence-electron chi connectivity index (χ1n) is 5.88. The predicted molar refractivity (Wildman–Crippen MR) is 75.9 cm³/mol. The third-order valence-corrected chi connectivity index (χ3v) is 3.28. The van der Waals surface area contributed by atoms with Gasteiger partial charge in [-0.1, -0.05) is 35.9 Å². The molecule has 0 fully saturated rings. The van der Waals surface area contributed by atoms with Crippen LogP contribution in [-0.4, -0.2) is 5.11 Å². The van der Waals surface area contributed by atoms with E-state index in [0.29, 0.717) is 0 Å². The van der Waals surface area contributed by atoms with Crippen molar-refractivity contribution in [2.24, 2.45) is 0 Å². The van der Waals surface area contributed by atoms with Crippen LogP contribution in [0.1, 0.15) is 16.7 Å². The molecule has 2 aromatic carbocycles. The van der Waals surface area contributed by atoms with E-state index in [9.17, 15) is 0 Å². The summed E-state index contributed by atoms with van der Waals surface area (Å²) in [5.41, 5.74) is 4.19. The van der Waals surface area contributed by atoms with Gasteiger partial charge in [-0.2, -0.15) is 0 Å². The molecular formula is C15H16ClNO. The van der Waals surface area contributed by atoms with Gasteiger partial charge in [-0.3, -0.25) is 0 Å². The van der Waals surface area contributed by atoms with Crippen LogP contribution in [-0.2, 0) is 13.2 Å². The first-order valence-corrected chi connectivity index (χ1v) is 6.25. The van der Waals surface area contributed by atoms with Gasteiger partial charge in [0.2, 0.25) is 0 Å². The standard InChI is InChI=1S/C15H16ClNO/c1-11-2-3-13(8-15(11)16)9-17-14-6-4-12(10-18)5-7-14/h2-8,17-18H,9-10H2,1H3. The number of anilines is 1. The lowest BCUT2D eigenvalue weighted by atomic mass is 10.1. The summed E-state index contributed by atoms with van der Waals surface area (Å²) < 4.78 is 0. The Hall–Kier alpha value is -1.51. The zero-order chi connectivity index (χ0) is 13.0. The Labute approximate surface area is 112 Å². The molecule has 18 heavy (non-hydrogen) atoms. The van der Waals surface area contributed by atoms with E-state index in [1.54, 1.807) is 0 Å². The molecule has 0 aliphatic carbocycles. The first-order chi connectivity index (χ1) is 8.69. The van der Waals surface area contributed by atoms with Crippen molar-refractivity contribution in [2.45, 2.75) is 20.1 Å². The number of nitrogens with one attached hydrogen (secondary N) is 1. The summed E-state index contributed by atoms with van der Waals surface area (Å²) >= 11 is 6.08. The number of hydrogen-bond acceptors (Lipinski definition) is 2. The van der Waals surface area contributed by atoms with Gasteiger partial charge in [0.25, 0.3) is 0 Å². The summed E-state index contributed by atoms with van der Waals surface area (Å²) in [7, 11) is 0. The van der Waals surface area contributed by atoms with E-state index in [-0.39, 0.29) is 6.61 Å². The van der Waals surface area contributed by atoms with Gasteiger partial charge in [0.1, 0.15) is 0 Å². The van der Waals surface area contributed by atoms with Crippen LogP contribution >= 0.6 is 11.6 Å². The highest BCUT2D eigenvalue weighted by Crippen LogP contribution is 2.18. The average Bonchev–Trinajstić information content (AvgIpc) is 2.41. The number of rotatable bonds is 4. The molecule has 0 radical (unpaired) electrons. The van der Waals surface area contributed by atoms with E-state index in [1.165, 1.54) is 0 Å². The molecule has 0 saturated carbocycles. The molecule has 2 nitrogen and oxygen atoms in total. The van der Waals surface area contributed by atoms with Crippen LogP contribution in [0.5, 0.6) is 0 Å².